The summed E-state index contributed by atoms with van der Waals surface area (Å²) in [6.45, 7) is 5.45. The number of carbonyl (C=O) groups excluding carboxylic acids is 1. The molecule has 114 valence electrons. The molecule has 1 saturated carbocycles. The van der Waals surface area contributed by atoms with Gasteiger partial charge in [-0.05, 0) is 37.8 Å². The second-order valence-electron chi connectivity index (χ2n) is 5.63. The number of anilines is 1. The number of halogens is 1. The highest BCUT2D eigenvalue weighted by Crippen LogP contribution is 2.27. The monoisotopic (exact) mass is 310 g/mol. The van der Waals surface area contributed by atoms with Crippen molar-refractivity contribution in [2.75, 3.05) is 24.7 Å². The smallest absolute Gasteiger partial charge is 0.245 e. The van der Waals surface area contributed by atoms with E-state index in [4.69, 9.17) is 16.3 Å². The molecule has 1 amide bonds. The Morgan fingerprint density at radius 3 is 2.81 bits per heavy atom. The molecular weight excluding hydrogens is 292 g/mol. The Labute approximate surface area is 128 Å². The van der Waals surface area contributed by atoms with Crippen LogP contribution >= 0.6 is 11.6 Å². The minimum atomic E-state index is -0.354. The molecule has 1 N–H and O–H groups in total. The fourth-order valence-corrected chi connectivity index (χ4v) is 2.62. The van der Waals surface area contributed by atoms with Crippen LogP contribution in [0, 0.1) is 13.8 Å². The summed E-state index contributed by atoms with van der Waals surface area (Å²) in [5, 5.41) is 11.6. The van der Waals surface area contributed by atoms with Gasteiger partial charge in [0.25, 0.3) is 0 Å². The van der Waals surface area contributed by atoms with Gasteiger partial charge in [-0.25, -0.2) is 0 Å². The van der Waals surface area contributed by atoms with Crippen LogP contribution in [0.2, 0.25) is 5.15 Å². The largest absolute Gasteiger partial charge is 0.377 e. The Morgan fingerprint density at radius 1 is 1.33 bits per heavy atom. The molecule has 0 bridgehead atoms. The highest BCUT2D eigenvalue weighted by atomic mass is 35.5. The van der Waals surface area contributed by atoms with Crippen molar-refractivity contribution in [3.05, 3.63) is 16.3 Å². The molecule has 6 nitrogen and oxygen atoms in total. The number of amides is 1. The third kappa shape index (κ3) is 2.96. The highest BCUT2D eigenvalue weighted by molar-refractivity contribution is 6.30. The van der Waals surface area contributed by atoms with E-state index in [1.165, 1.54) is 0 Å². The van der Waals surface area contributed by atoms with Gasteiger partial charge in [0.1, 0.15) is 6.04 Å². The molecule has 2 fully saturated rings. The Kier molecular flexibility index (Phi) is 3.99. The van der Waals surface area contributed by atoms with Gasteiger partial charge in [-0.2, -0.15) is 0 Å². The van der Waals surface area contributed by atoms with E-state index >= 15 is 0 Å². The maximum Gasteiger partial charge on any atom is 0.245 e. The molecule has 2 heterocycles. The number of aromatic nitrogens is 2. The maximum absolute atomic E-state index is 12.4. The molecule has 1 aliphatic carbocycles. The molecule has 1 saturated heterocycles. The number of morpholine rings is 1. The zero-order valence-electron chi connectivity index (χ0n) is 12.2. The van der Waals surface area contributed by atoms with E-state index in [1.807, 2.05) is 18.7 Å². The van der Waals surface area contributed by atoms with Crippen LogP contribution in [0.25, 0.3) is 0 Å². The van der Waals surface area contributed by atoms with Gasteiger partial charge >= 0.3 is 0 Å². The van der Waals surface area contributed by atoms with Gasteiger partial charge < -0.3 is 15.0 Å². The lowest BCUT2D eigenvalue weighted by Gasteiger charge is -2.36. The molecule has 1 unspecified atom stereocenters. The Balaban J connectivity index is 1.86. The van der Waals surface area contributed by atoms with Crippen LogP contribution in [0.1, 0.15) is 24.0 Å². The zero-order valence-corrected chi connectivity index (χ0v) is 13.0. The maximum atomic E-state index is 12.4. The fraction of sp³-hybridized carbons (Fsp3) is 0.643. The van der Waals surface area contributed by atoms with E-state index < -0.39 is 0 Å². The van der Waals surface area contributed by atoms with E-state index in [2.05, 4.69) is 15.5 Å². The van der Waals surface area contributed by atoms with Crippen molar-refractivity contribution < 1.29 is 9.53 Å². The average Bonchev–Trinajstić information content (AvgIpc) is 3.29. The van der Waals surface area contributed by atoms with Gasteiger partial charge in [-0.1, -0.05) is 11.6 Å². The van der Waals surface area contributed by atoms with E-state index in [0.717, 1.165) is 29.8 Å². The summed E-state index contributed by atoms with van der Waals surface area (Å²) in [5.74, 6) is 0.724. The molecule has 0 aromatic carbocycles. The third-order valence-corrected chi connectivity index (χ3v) is 4.43. The van der Waals surface area contributed by atoms with Crippen molar-refractivity contribution in [3.63, 3.8) is 0 Å². The summed E-state index contributed by atoms with van der Waals surface area (Å²) in [5.41, 5.74) is 1.86. The van der Waals surface area contributed by atoms with Gasteiger partial charge in [0, 0.05) is 12.6 Å². The summed E-state index contributed by atoms with van der Waals surface area (Å²) in [7, 11) is 0. The predicted molar refractivity (Wildman–Crippen MR) is 79.6 cm³/mol. The van der Waals surface area contributed by atoms with Crippen molar-refractivity contribution in [2.24, 2.45) is 0 Å². The molecule has 0 radical (unpaired) electrons. The van der Waals surface area contributed by atoms with Crippen molar-refractivity contribution in [3.8, 4) is 0 Å². The van der Waals surface area contributed by atoms with Crippen molar-refractivity contribution in [1.29, 1.82) is 0 Å². The summed E-state index contributed by atoms with van der Waals surface area (Å²) >= 11 is 6.00. The zero-order chi connectivity index (χ0) is 15.0. The average molecular weight is 311 g/mol. The second-order valence-corrected chi connectivity index (χ2v) is 5.99. The quantitative estimate of drug-likeness (QED) is 0.909. The van der Waals surface area contributed by atoms with Crippen LogP contribution < -0.4 is 10.2 Å². The molecule has 3 rings (SSSR count). The SMILES string of the molecule is Cc1c(Cl)nnc(N2CCOCC2C(=O)NC2CC2)c1C. The minimum Gasteiger partial charge on any atom is -0.377 e. The first-order valence-electron chi connectivity index (χ1n) is 7.22. The molecule has 21 heavy (non-hydrogen) atoms. The first kappa shape index (κ1) is 14.5. The van der Waals surface area contributed by atoms with Crippen LogP contribution in [0.3, 0.4) is 0 Å². The second kappa shape index (κ2) is 5.77. The van der Waals surface area contributed by atoms with Gasteiger partial charge in [0.2, 0.25) is 5.91 Å². The topological polar surface area (TPSA) is 67.3 Å². The van der Waals surface area contributed by atoms with Crippen LogP contribution in [-0.4, -0.2) is 47.9 Å². The van der Waals surface area contributed by atoms with Gasteiger partial charge in [-0.3, -0.25) is 4.79 Å². The number of nitrogens with zero attached hydrogens (tertiary/aromatic N) is 3. The van der Waals surface area contributed by atoms with E-state index in [-0.39, 0.29) is 11.9 Å². The van der Waals surface area contributed by atoms with Crippen molar-refractivity contribution in [2.45, 2.75) is 38.8 Å². The number of hydrogen-bond acceptors (Lipinski definition) is 5. The normalized spacial score (nSPS) is 22.2. The lowest BCUT2D eigenvalue weighted by atomic mass is 10.1. The molecular formula is C14H19ClN4O2. The van der Waals surface area contributed by atoms with Crippen LogP contribution in [-0.2, 0) is 9.53 Å². The molecule has 1 aromatic heterocycles. The molecule has 2 aliphatic rings. The number of carbonyl (C=O) groups is 1. The minimum absolute atomic E-state index is 0.00556. The third-order valence-electron chi connectivity index (χ3n) is 4.07. The highest BCUT2D eigenvalue weighted by Gasteiger charge is 2.34. The molecule has 0 spiro atoms. The number of ether oxygens (including phenoxy) is 1. The number of hydrogen-bond donors (Lipinski definition) is 1. The predicted octanol–water partition coefficient (Wildman–Crippen LogP) is 1.23. The van der Waals surface area contributed by atoms with Crippen LogP contribution in [0.4, 0.5) is 5.82 Å². The molecule has 1 aromatic rings. The number of nitrogens with one attached hydrogen (secondary N) is 1. The van der Waals surface area contributed by atoms with Crippen LogP contribution in [0.5, 0.6) is 0 Å². The van der Waals surface area contributed by atoms with Gasteiger partial charge in [0.15, 0.2) is 11.0 Å². The van der Waals surface area contributed by atoms with Gasteiger partial charge in [-0.15, -0.1) is 10.2 Å². The lowest BCUT2D eigenvalue weighted by Crippen LogP contribution is -2.55. The Hall–Kier alpha value is -1.40. The van der Waals surface area contributed by atoms with Crippen molar-refractivity contribution >= 4 is 23.3 Å². The summed E-state index contributed by atoms with van der Waals surface area (Å²) in [4.78, 5) is 14.4. The fourth-order valence-electron chi connectivity index (χ4n) is 2.44. The summed E-state index contributed by atoms with van der Waals surface area (Å²) in [6.07, 6.45) is 2.14. The Bertz CT molecular complexity index is 562. The Morgan fingerprint density at radius 2 is 2.10 bits per heavy atom. The van der Waals surface area contributed by atoms with E-state index in [1.54, 1.807) is 0 Å². The lowest BCUT2D eigenvalue weighted by molar-refractivity contribution is -0.124. The first-order chi connectivity index (χ1) is 10.1. The first-order valence-corrected chi connectivity index (χ1v) is 7.60. The molecule has 1 aliphatic heterocycles. The summed E-state index contributed by atoms with van der Waals surface area (Å²) in [6, 6.07) is -0.0201. The van der Waals surface area contributed by atoms with E-state index in [0.29, 0.717) is 31.0 Å². The van der Waals surface area contributed by atoms with Gasteiger partial charge in [0.05, 0.1) is 13.2 Å². The van der Waals surface area contributed by atoms with E-state index in [9.17, 15) is 4.79 Å². The number of rotatable bonds is 3. The summed E-state index contributed by atoms with van der Waals surface area (Å²) < 4.78 is 5.47. The standard InChI is InChI=1S/C14H19ClN4O2/c1-8-9(2)13(18-17-12(8)15)19-5-6-21-7-11(19)14(20)16-10-3-4-10/h10-11H,3-7H2,1-2H3,(H,16,20). The van der Waals surface area contributed by atoms with Crippen molar-refractivity contribution in [1.82, 2.24) is 15.5 Å². The molecule has 1 atom stereocenters. The van der Waals surface area contributed by atoms with Crippen LogP contribution in [0.15, 0.2) is 0 Å². The molecule has 7 heteroatoms.